The molecule has 1 aromatic rings. The number of aryl methyl sites for hydroxylation is 2. The molecule has 0 bridgehead atoms. The third-order valence-corrected chi connectivity index (χ3v) is 5.53. The normalized spacial score (nSPS) is 22.5. The molecule has 4 nitrogen and oxygen atoms in total. The smallest absolute Gasteiger partial charge is 0.276 e. The van der Waals surface area contributed by atoms with E-state index >= 15 is 0 Å². The first-order valence-electron chi connectivity index (χ1n) is 8.73. The second-order valence-electron chi connectivity index (χ2n) is 7.48. The number of rotatable bonds is 4. The Morgan fingerprint density at radius 2 is 1.96 bits per heavy atom. The van der Waals surface area contributed by atoms with E-state index in [1.54, 1.807) is 11.8 Å². The van der Waals surface area contributed by atoms with Gasteiger partial charge in [0.25, 0.3) is 5.91 Å². The van der Waals surface area contributed by atoms with E-state index in [-0.39, 0.29) is 17.5 Å². The van der Waals surface area contributed by atoms with E-state index in [0.717, 1.165) is 23.7 Å². The number of carbonyl (C=O) groups excluding carboxylic acids is 1. The minimum Gasteiger partial charge on any atom is -0.301 e. The van der Waals surface area contributed by atoms with Crippen molar-refractivity contribution in [1.82, 2.24) is 10.4 Å². The molecule has 2 heterocycles. The number of amides is 1. The Morgan fingerprint density at radius 3 is 2.60 bits per heavy atom. The number of carbonyl (C=O) groups is 1. The van der Waals surface area contributed by atoms with E-state index in [4.69, 9.17) is 0 Å². The molecule has 0 aliphatic carbocycles. The van der Waals surface area contributed by atoms with Crippen molar-refractivity contribution in [2.24, 2.45) is 0 Å². The minimum atomic E-state index is -0.285. The first-order chi connectivity index (χ1) is 11.8. The summed E-state index contributed by atoms with van der Waals surface area (Å²) >= 11 is 1.76. The van der Waals surface area contributed by atoms with Gasteiger partial charge in [-0.1, -0.05) is 12.1 Å². The van der Waals surface area contributed by atoms with Crippen LogP contribution in [0.3, 0.4) is 0 Å². The highest BCUT2D eigenvalue weighted by Gasteiger charge is 2.45. The number of hydrogen-bond acceptors (Lipinski definition) is 4. The molecule has 1 amide bonds. The summed E-state index contributed by atoms with van der Waals surface area (Å²) < 4.78 is 0. The Hall–Kier alpha value is -1.72. The van der Waals surface area contributed by atoms with Gasteiger partial charge in [-0.05, 0) is 69.4 Å². The zero-order chi connectivity index (χ0) is 18.2. The number of anilines is 1. The summed E-state index contributed by atoms with van der Waals surface area (Å²) in [4.78, 5) is 15.2. The maximum absolute atomic E-state index is 13.3. The number of hydrogen-bond donors (Lipinski definition) is 1. The summed E-state index contributed by atoms with van der Waals surface area (Å²) in [7, 11) is 0. The van der Waals surface area contributed by atoms with Gasteiger partial charge in [0, 0.05) is 11.4 Å². The molecule has 2 aliphatic rings. The molecule has 3 rings (SSSR count). The number of thioether (sulfide) groups is 1. The molecule has 1 N–H and O–H groups in total. The van der Waals surface area contributed by atoms with Gasteiger partial charge in [0.05, 0.1) is 18.1 Å². The van der Waals surface area contributed by atoms with Crippen LogP contribution in [-0.2, 0) is 4.79 Å². The molecule has 1 atom stereocenters. The summed E-state index contributed by atoms with van der Waals surface area (Å²) in [5.74, 6) is 0.994. The second-order valence-corrected chi connectivity index (χ2v) is 8.41. The molecule has 5 heteroatoms. The third-order valence-electron chi connectivity index (χ3n) is 4.52. The molecule has 25 heavy (non-hydrogen) atoms. The lowest BCUT2D eigenvalue weighted by atomic mass is 9.96. The lowest BCUT2D eigenvalue weighted by Crippen LogP contribution is -2.62. The average Bonchev–Trinajstić information content (AvgIpc) is 2.88. The number of benzene rings is 1. The highest BCUT2D eigenvalue weighted by atomic mass is 32.2. The first kappa shape index (κ1) is 18.1. The predicted octanol–water partition coefficient (Wildman–Crippen LogP) is 3.77. The fraction of sp³-hybridized carbons (Fsp3) is 0.450. The van der Waals surface area contributed by atoms with Crippen LogP contribution < -0.4 is 10.3 Å². The summed E-state index contributed by atoms with van der Waals surface area (Å²) in [5, 5.41) is 4.12. The van der Waals surface area contributed by atoms with Crippen LogP contribution in [0.5, 0.6) is 0 Å². The van der Waals surface area contributed by atoms with Crippen molar-refractivity contribution in [1.29, 1.82) is 0 Å². The van der Waals surface area contributed by atoms with E-state index in [9.17, 15) is 4.79 Å². The largest absolute Gasteiger partial charge is 0.301 e. The van der Waals surface area contributed by atoms with Gasteiger partial charge in [0.15, 0.2) is 0 Å². The summed E-state index contributed by atoms with van der Waals surface area (Å²) in [6, 6.07) is 6.53. The highest BCUT2D eigenvalue weighted by Crippen LogP contribution is 2.35. The zero-order valence-corrected chi connectivity index (χ0v) is 16.5. The van der Waals surface area contributed by atoms with E-state index in [1.807, 2.05) is 22.9 Å². The van der Waals surface area contributed by atoms with Crippen molar-refractivity contribution in [3.8, 4) is 0 Å². The standard InChI is InChI=1S/C20H27N3OS/c1-6-7-25-12-16-11-18-19(24)23(20(4,5)13-22(18)21-16)17-9-14(2)8-15(3)10-17/h6-11,16,21H,12-13H2,1-5H3/b7-6-. The molecular formula is C20H27N3OS. The van der Waals surface area contributed by atoms with Crippen molar-refractivity contribution in [3.05, 3.63) is 52.6 Å². The highest BCUT2D eigenvalue weighted by molar-refractivity contribution is 8.02. The summed E-state index contributed by atoms with van der Waals surface area (Å²) in [6.45, 7) is 11.2. The quantitative estimate of drug-likeness (QED) is 0.890. The average molecular weight is 358 g/mol. The van der Waals surface area contributed by atoms with Crippen LogP contribution in [0, 0.1) is 13.8 Å². The molecular weight excluding hydrogens is 330 g/mol. The van der Waals surface area contributed by atoms with Crippen LogP contribution >= 0.6 is 11.8 Å². The zero-order valence-electron chi connectivity index (χ0n) is 15.7. The Bertz CT molecular complexity index is 718. The van der Waals surface area contributed by atoms with Gasteiger partial charge in [-0.3, -0.25) is 9.69 Å². The Kier molecular flexibility index (Phi) is 4.98. The Labute approximate surface area is 154 Å². The second kappa shape index (κ2) is 6.89. The maximum Gasteiger partial charge on any atom is 0.276 e. The summed E-state index contributed by atoms with van der Waals surface area (Å²) in [6.07, 6.45) is 4.11. The molecule has 0 radical (unpaired) electrons. The van der Waals surface area contributed by atoms with Gasteiger partial charge >= 0.3 is 0 Å². The monoisotopic (exact) mass is 357 g/mol. The van der Waals surface area contributed by atoms with Crippen LogP contribution in [-0.4, -0.2) is 34.8 Å². The summed E-state index contributed by atoms with van der Waals surface area (Å²) in [5.41, 5.74) is 7.30. The molecule has 2 aliphatic heterocycles. The molecule has 134 valence electrons. The molecule has 1 aromatic carbocycles. The molecule has 0 saturated carbocycles. The van der Waals surface area contributed by atoms with Gasteiger partial charge in [-0.25, -0.2) is 5.43 Å². The van der Waals surface area contributed by atoms with Crippen LogP contribution in [0.4, 0.5) is 5.69 Å². The Balaban J connectivity index is 1.90. The van der Waals surface area contributed by atoms with E-state index < -0.39 is 0 Å². The van der Waals surface area contributed by atoms with E-state index in [2.05, 4.69) is 62.8 Å². The molecule has 1 fully saturated rings. The van der Waals surface area contributed by atoms with Gasteiger partial charge < -0.3 is 5.01 Å². The predicted molar refractivity (Wildman–Crippen MR) is 106 cm³/mol. The lowest BCUT2D eigenvalue weighted by Gasteiger charge is -2.47. The van der Waals surface area contributed by atoms with Crippen LogP contribution in [0.1, 0.15) is 31.9 Å². The van der Waals surface area contributed by atoms with Crippen molar-refractivity contribution in [3.63, 3.8) is 0 Å². The van der Waals surface area contributed by atoms with Crippen LogP contribution in [0.25, 0.3) is 0 Å². The third kappa shape index (κ3) is 3.62. The number of nitrogens with zero attached hydrogens (tertiary/aromatic N) is 2. The Morgan fingerprint density at radius 1 is 1.28 bits per heavy atom. The van der Waals surface area contributed by atoms with Crippen molar-refractivity contribution < 1.29 is 4.79 Å². The number of hydrazine groups is 1. The first-order valence-corrected chi connectivity index (χ1v) is 9.78. The SMILES string of the molecule is C/C=C\SCC1C=C2C(=O)N(c3cc(C)cc(C)c3)C(C)(C)CN2N1. The van der Waals surface area contributed by atoms with Gasteiger partial charge in [0.1, 0.15) is 5.70 Å². The number of nitrogens with one attached hydrogen (secondary N) is 1. The lowest BCUT2D eigenvalue weighted by molar-refractivity contribution is -0.120. The van der Waals surface area contributed by atoms with Crippen LogP contribution in [0.2, 0.25) is 0 Å². The van der Waals surface area contributed by atoms with Crippen molar-refractivity contribution in [2.75, 3.05) is 17.2 Å². The fourth-order valence-electron chi connectivity index (χ4n) is 3.64. The topological polar surface area (TPSA) is 35.6 Å². The van der Waals surface area contributed by atoms with E-state index in [0.29, 0.717) is 0 Å². The number of piperazine rings is 1. The van der Waals surface area contributed by atoms with Crippen LogP contribution in [0.15, 0.2) is 41.5 Å². The van der Waals surface area contributed by atoms with Gasteiger partial charge in [-0.15, -0.1) is 11.8 Å². The molecule has 0 spiro atoms. The minimum absolute atomic E-state index is 0.0762. The number of allylic oxidation sites excluding steroid dienone is 1. The molecule has 1 unspecified atom stereocenters. The molecule has 1 saturated heterocycles. The maximum atomic E-state index is 13.3. The molecule has 0 aromatic heterocycles. The fourth-order valence-corrected chi connectivity index (χ4v) is 4.32. The van der Waals surface area contributed by atoms with Crippen molar-refractivity contribution >= 4 is 23.4 Å². The number of fused-ring (bicyclic) bond motifs is 1. The van der Waals surface area contributed by atoms with E-state index in [1.165, 1.54) is 11.1 Å². The van der Waals surface area contributed by atoms with Gasteiger partial charge in [0.2, 0.25) is 0 Å². The van der Waals surface area contributed by atoms with Gasteiger partial charge in [-0.2, -0.15) is 0 Å². The van der Waals surface area contributed by atoms with Crippen molar-refractivity contribution in [2.45, 2.75) is 46.2 Å².